The standard InChI is InChI=1S/C12H16F3N3S/c1-16-9-5-8(12(13,14)15)6-10(18-9)17-7-11(19-2)3-4-11/h5-6H,3-4,7H2,1-2H3,(H2,16,17,18). The maximum atomic E-state index is 12.7. The third kappa shape index (κ3) is 3.46. The number of aromatic nitrogens is 1. The van der Waals surface area contributed by atoms with Gasteiger partial charge in [0.2, 0.25) is 0 Å². The summed E-state index contributed by atoms with van der Waals surface area (Å²) in [6.07, 6.45) is -0.146. The second-order valence-corrected chi connectivity index (χ2v) is 5.89. The van der Waals surface area contributed by atoms with E-state index in [1.54, 1.807) is 18.8 Å². The van der Waals surface area contributed by atoms with Crippen molar-refractivity contribution >= 4 is 23.4 Å². The van der Waals surface area contributed by atoms with Crippen LogP contribution >= 0.6 is 11.8 Å². The van der Waals surface area contributed by atoms with E-state index in [1.165, 1.54) is 0 Å². The van der Waals surface area contributed by atoms with E-state index in [0.29, 0.717) is 6.54 Å². The van der Waals surface area contributed by atoms with Crippen molar-refractivity contribution in [1.29, 1.82) is 0 Å². The summed E-state index contributed by atoms with van der Waals surface area (Å²) >= 11 is 1.75. The lowest BCUT2D eigenvalue weighted by Crippen LogP contribution is -2.19. The molecular formula is C12H16F3N3S. The van der Waals surface area contributed by atoms with Crippen molar-refractivity contribution in [1.82, 2.24) is 4.98 Å². The number of rotatable bonds is 5. The molecule has 1 saturated carbocycles. The molecule has 106 valence electrons. The summed E-state index contributed by atoms with van der Waals surface area (Å²) in [5, 5.41) is 5.66. The molecule has 1 aromatic heterocycles. The van der Waals surface area contributed by atoms with Crippen LogP contribution in [-0.2, 0) is 6.18 Å². The fourth-order valence-electron chi connectivity index (χ4n) is 1.76. The quantitative estimate of drug-likeness (QED) is 0.871. The summed E-state index contributed by atoms with van der Waals surface area (Å²) in [5.41, 5.74) is -0.691. The molecule has 1 aliphatic rings. The average molecular weight is 291 g/mol. The van der Waals surface area contributed by atoms with Crippen molar-refractivity contribution in [3.8, 4) is 0 Å². The van der Waals surface area contributed by atoms with Crippen molar-refractivity contribution in [2.45, 2.75) is 23.8 Å². The Bertz CT molecular complexity index is 458. The van der Waals surface area contributed by atoms with Gasteiger partial charge in [0.05, 0.1) is 5.56 Å². The molecule has 1 fully saturated rings. The van der Waals surface area contributed by atoms with Gasteiger partial charge in [-0.05, 0) is 31.2 Å². The number of halogens is 3. The summed E-state index contributed by atoms with van der Waals surface area (Å²) in [5.74, 6) is 0.478. The zero-order valence-corrected chi connectivity index (χ0v) is 11.6. The summed E-state index contributed by atoms with van der Waals surface area (Å²) in [4.78, 5) is 4.10. The van der Waals surface area contributed by atoms with Crippen molar-refractivity contribution in [2.24, 2.45) is 0 Å². The highest BCUT2D eigenvalue weighted by atomic mass is 32.2. The van der Waals surface area contributed by atoms with E-state index in [0.717, 1.165) is 25.0 Å². The predicted molar refractivity (Wildman–Crippen MR) is 72.8 cm³/mol. The molecule has 1 heterocycles. The molecule has 0 bridgehead atoms. The Morgan fingerprint density at radius 2 is 1.95 bits per heavy atom. The first kappa shape index (κ1) is 14.3. The molecular weight excluding hydrogens is 275 g/mol. The lowest BCUT2D eigenvalue weighted by molar-refractivity contribution is -0.137. The number of alkyl halides is 3. The Kier molecular flexibility index (Phi) is 3.85. The molecule has 1 aromatic rings. The van der Waals surface area contributed by atoms with E-state index in [2.05, 4.69) is 15.6 Å². The fraction of sp³-hybridized carbons (Fsp3) is 0.583. The molecule has 0 amide bonds. The SMILES string of the molecule is CNc1cc(C(F)(F)F)cc(NCC2(SC)CC2)n1. The van der Waals surface area contributed by atoms with Gasteiger partial charge in [-0.1, -0.05) is 0 Å². The minimum atomic E-state index is -4.36. The number of hydrogen-bond acceptors (Lipinski definition) is 4. The first-order valence-electron chi connectivity index (χ1n) is 5.95. The molecule has 1 aliphatic carbocycles. The maximum Gasteiger partial charge on any atom is 0.416 e. The Morgan fingerprint density at radius 3 is 2.42 bits per heavy atom. The molecule has 0 saturated heterocycles. The van der Waals surface area contributed by atoms with Crippen molar-refractivity contribution in [3.05, 3.63) is 17.7 Å². The Labute approximate surface area is 114 Å². The maximum absolute atomic E-state index is 12.7. The van der Waals surface area contributed by atoms with Crippen molar-refractivity contribution in [2.75, 3.05) is 30.5 Å². The van der Waals surface area contributed by atoms with Gasteiger partial charge < -0.3 is 10.6 Å². The van der Waals surface area contributed by atoms with E-state index in [1.807, 2.05) is 6.26 Å². The third-order valence-corrected chi connectivity index (χ3v) is 4.66. The normalized spacial score (nSPS) is 17.1. The van der Waals surface area contributed by atoms with Crippen LogP contribution in [0.25, 0.3) is 0 Å². The minimum absolute atomic E-state index is 0.176. The number of nitrogens with one attached hydrogen (secondary N) is 2. The monoisotopic (exact) mass is 291 g/mol. The lowest BCUT2D eigenvalue weighted by Gasteiger charge is -2.16. The molecule has 7 heteroatoms. The van der Waals surface area contributed by atoms with Gasteiger partial charge in [0.1, 0.15) is 11.6 Å². The number of hydrogen-bond donors (Lipinski definition) is 2. The van der Waals surface area contributed by atoms with Crippen LogP contribution < -0.4 is 10.6 Å². The Morgan fingerprint density at radius 1 is 1.32 bits per heavy atom. The summed E-state index contributed by atoms with van der Waals surface area (Å²) in [6.45, 7) is 0.644. The largest absolute Gasteiger partial charge is 0.416 e. The van der Waals surface area contributed by atoms with Crippen LogP contribution in [0.2, 0.25) is 0 Å². The minimum Gasteiger partial charge on any atom is -0.373 e. The average Bonchev–Trinajstić information content (AvgIpc) is 3.15. The molecule has 2 rings (SSSR count). The summed E-state index contributed by atoms with van der Waals surface area (Å²) in [6, 6.07) is 2.06. The van der Waals surface area contributed by atoms with Gasteiger partial charge in [0.25, 0.3) is 0 Å². The van der Waals surface area contributed by atoms with Crippen LogP contribution in [0.1, 0.15) is 18.4 Å². The van der Waals surface area contributed by atoms with Crippen LogP contribution in [-0.4, -0.2) is 29.6 Å². The fourth-order valence-corrected chi connectivity index (χ4v) is 2.48. The highest BCUT2D eigenvalue weighted by molar-refractivity contribution is 8.00. The zero-order valence-electron chi connectivity index (χ0n) is 10.8. The lowest BCUT2D eigenvalue weighted by atomic mass is 10.2. The first-order valence-corrected chi connectivity index (χ1v) is 7.17. The summed E-state index contributed by atoms with van der Waals surface area (Å²) < 4.78 is 38.4. The van der Waals surface area contributed by atoms with Crippen LogP contribution in [0.4, 0.5) is 24.8 Å². The second kappa shape index (κ2) is 5.11. The number of anilines is 2. The molecule has 0 atom stereocenters. The van der Waals surface area contributed by atoms with Gasteiger partial charge >= 0.3 is 6.18 Å². The van der Waals surface area contributed by atoms with Crippen LogP contribution in [0.3, 0.4) is 0 Å². The van der Waals surface area contributed by atoms with Crippen LogP contribution in [0, 0.1) is 0 Å². The van der Waals surface area contributed by atoms with E-state index in [9.17, 15) is 13.2 Å². The van der Waals surface area contributed by atoms with Crippen molar-refractivity contribution < 1.29 is 13.2 Å². The molecule has 19 heavy (non-hydrogen) atoms. The number of thioether (sulfide) groups is 1. The Balaban J connectivity index is 2.15. The zero-order chi connectivity index (χ0) is 14.1. The van der Waals surface area contributed by atoms with E-state index >= 15 is 0 Å². The number of nitrogens with zero attached hydrogens (tertiary/aromatic N) is 1. The van der Waals surface area contributed by atoms with Gasteiger partial charge in [0, 0.05) is 18.3 Å². The predicted octanol–water partition coefficient (Wildman–Crippen LogP) is 3.45. The molecule has 0 radical (unpaired) electrons. The molecule has 0 aliphatic heterocycles. The van der Waals surface area contributed by atoms with E-state index < -0.39 is 11.7 Å². The van der Waals surface area contributed by atoms with Crippen molar-refractivity contribution in [3.63, 3.8) is 0 Å². The first-order chi connectivity index (χ1) is 8.88. The molecule has 3 nitrogen and oxygen atoms in total. The third-order valence-electron chi connectivity index (χ3n) is 3.24. The summed E-state index contributed by atoms with van der Waals surface area (Å²) in [7, 11) is 1.55. The van der Waals surface area contributed by atoms with Crippen LogP contribution in [0.15, 0.2) is 12.1 Å². The highest BCUT2D eigenvalue weighted by Gasteiger charge is 2.41. The second-order valence-electron chi connectivity index (χ2n) is 4.61. The highest BCUT2D eigenvalue weighted by Crippen LogP contribution is 2.47. The van der Waals surface area contributed by atoms with Gasteiger partial charge in [-0.15, -0.1) is 0 Å². The Hall–Kier alpha value is -1.11. The molecule has 0 unspecified atom stereocenters. The van der Waals surface area contributed by atoms with E-state index in [-0.39, 0.29) is 16.4 Å². The topological polar surface area (TPSA) is 37.0 Å². The number of pyridine rings is 1. The molecule has 2 N–H and O–H groups in total. The van der Waals surface area contributed by atoms with Crippen LogP contribution in [0.5, 0.6) is 0 Å². The van der Waals surface area contributed by atoms with Gasteiger partial charge in [-0.2, -0.15) is 24.9 Å². The van der Waals surface area contributed by atoms with Gasteiger partial charge in [-0.3, -0.25) is 0 Å². The van der Waals surface area contributed by atoms with Gasteiger partial charge in [0.15, 0.2) is 0 Å². The van der Waals surface area contributed by atoms with E-state index in [4.69, 9.17) is 0 Å². The van der Waals surface area contributed by atoms with Gasteiger partial charge in [-0.25, -0.2) is 4.98 Å². The molecule has 0 aromatic carbocycles. The molecule has 0 spiro atoms. The smallest absolute Gasteiger partial charge is 0.373 e.